The van der Waals surface area contributed by atoms with Gasteiger partial charge in [-0.1, -0.05) is 12.1 Å². The van der Waals surface area contributed by atoms with Crippen LogP contribution in [-0.2, 0) is 6.42 Å². The highest BCUT2D eigenvalue weighted by Crippen LogP contribution is 2.24. The topological polar surface area (TPSA) is 53.4 Å². The monoisotopic (exact) mass is 328 g/mol. The van der Waals surface area contributed by atoms with Gasteiger partial charge in [-0.3, -0.25) is 9.78 Å². The predicted molar refractivity (Wildman–Crippen MR) is 89.1 cm³/mol. The number of β-amino-alcohol motifs (C(OH)–C–C–N with tert-alkyl or cyclic N) is 1. The number of aliphatic hydroxyl groups excluding tert-OH is 1. The minimum absolute atomic E-state index is 0.0332. The van der Waals surface area contributed by atoms with Crippen LogP contribution in [0.5, 0.6) is 0 Å². The fraction of sp³-hybridized carbons (Fsp3) is 0.368. The van der Waals surface area contributed by atoms with Gasteiger partial charge in [0.15, 0.2) is 0 Å². The van der Waals surface area contributed by atoms with E-state index >= 15 is 0 Å². The van der Waals surface area contributed by atoms with E-state index in [2.05, 4.69) is 4.98 Å². The third kappa shape index (κ3) is 3.62. The van der Waals surface area contributed by atoms with Gasteiger partial charge in [-0.05, 0) is 55.5 Å². The normalized spacial score (nSPS) is 20.9. The molecule has 2 atom stereocenters. The summed E-state index contributed by atoms with van der Waals surface area (Å²) in [4.78, 5) is 18.4. The van der Waals surface area contributed by atoms with Crippen LogP contribution in [-0.4, -0.2) is 40.1 Å². The Balaban J connectivity index is 1.65. The molecule has 1 aliphatic rings. The van der Waals surface area contributed by atoms with Crippen LogP contribution in [0.2, 0.25) is 0 Å². The third-order valence-corrected chi connectivity index (χ3v) is 4.63. The van der Waals surface area contributed by atoms with Crippen molar-refractivity contribution in [1.82, 2.24) is 9.88 Å². The molecule has 2 heterocycles. The van der Waals surface area contributed by atoms with Crippen molar-refractivity contribution in [2.75, 3.05) is 13.1 Å². The lowest BCUT2D eigenvalue weighted by Gasteiger charge is -2.36. The highest BCUT2D eigenvalue weighted by Gasteiger charge is 2.31. The second kappa shape index (κ2) is 7.09. The molecule has 5 heteroatoms. The Hall–Kier alpha value is -2.27. The molecule has 0 radical (unpaired) electrons. The molecule has 126 valence electrons. The first kappa shape index (κ1) is 16.6. The molecule has 4 nitrogen and oxygen atoms in total. The number of likely N-dealkylation sites (tertiary alicyclic amines) is 1. The number of pyridine rings is 1. The maximum atomic E-state index is 13.3. The number of aliphatic hydroxyl groups is 1. The summed E-state index contributed by atoms with van der Waals surface area (Å²) in [5, 5.41) is 10.4. The van der Waals surface area contributed by atoms with Crippen molar-refractivity contribution in [1.29, 1.82) is 0 Å². The van der Waals surface area contributed by atoms with Crippen molar-refractivity contribution in [2.45, 2.75) is 25.9 Å². The summed E-state index contributed by atoms with van der Waals surface area (Å²) in [5.74, 6) is -0.323. The molecule has 2 aromatic rings. The summed E-state index contributed by atoms with van der Waals surface area (Å²) in [5.41, 5.74) is 2.15. The van der Waals surface area contributed by atoms with E-state index in [-0.39, 0.29) is 17.6 Å². The molecule has 1 saturated heterocycles. The Labute approximate surface area is 141 Å². The van der Waals surface area contributed by atoms with Crippen LogP contribution < -0.4 is 0 Å². The van der Waals surface area contributed by atoms with Crippen LogP contribution >= 0.6 is 0 Å². The van der Waals surface area contributed by atoms with Crippen molar-refractivity contribution in [3.8, 4) is 0 Å². The number of aromatic nitrogens is 1. The number of aryl methyl sites for hydroxylation is 1. The summed E-state index contributed by atoms with van der Waals surface area (Å²) in [7, 11) is 0. The number of carbonyl (C=O) groups excluding carboxylic acids is 1. The Kier molecular flexibility index (Phi) is 4.90. The minimum atomic E-state index is -0.608. The highest BCUT2D eigenvalue weighted by molar-refractivity contribution is 5.95. The van der Waals surface area contributed by atoms with Crippen LogP contribution in [0.3, 0.4) is 0 Å². The maximum absolute atomic E-state index is 13.3. The average Bonchev–Trinajstić information content (AvgIpc) is 2.56. The number of carbonyl (C=O) groups is 1. The number of hydrogen-bond donors (Lipinski definition) is 1. The van der Waals surface area contributed by atoms with Crippen molar-refractivity contribution in [3.05, 3.63) is 65.2 Å². The van der Waals surface area contributed by atoms with Gasteiger partial charge in [0.2, 0.25) is 0 Å². The zero-order valence-corrected chi connectivity index (χ0v) is 13.7. The lowest BCUT2D eigenvalue weighted by atomic mass is 9.87. The van der Waals surface area contributed by atoms with Gasteiger partial charge in [-0.2, -0.15) is 0 Å². The summed E-state index contributed by atoms with van der Waals surface area (Å²) in [6, 6.07) is 9.97. The number of nitrogens with zero attached hydrogens (tertiary/aromatic N) is 2. The first-order chi connectivity index (χ1) is 11.5. The van der Waals surface area contributed by atoms with Crippen molar-refractivity contribution in [3.63, 3.8) is 0 Å². The van der Waals surface area contributed by atoms with Gasteiger partial charge in [-0.15, -0.1) is 0 Å². The maximum Gasteiger partial charge on any atom is 0.255 e. The van der Waals surface area contributed by atoms with Crippen LogP contribution in [0.1, 0.15) is 28.0 Å². The highest BCUT2D eigenvalue weighted by atomic mass is 19.1. The van der Waals surface area contributed by atoms with E-state index in [0.717, 1.165) is 5.56 Å². The molecule has 0 aliphatic carbocycles. The number of benzene rings is 1. The van der Waals surface area contributed by atoms with E-state index in [9.17, 15) is 14.3 Å². The van der Waals surface area contributed by atoms with Crippen molar-refractivity contribution in [2.24, 2.45) is 5.92 Å². The van der Waals surface area contributed by atoms with Gasteiger partial charge in [0.05, 0.1) is 11.7 Å². The largest absolute Gasteiger partial charge is 0.391 e. The quantitative estimate of drug-likeness (QED) is 0.942. The zero-order valence-electron chi connectivity index (χ0n) is 13.7. The van der Waals surface area contributed by atoms with Gasteiger partial charge >= 0.3 is 0 Å². The lowest BCUT2D eigenvalue weighted by Crippen LogP contribution is -2.47. The third-order valence-electron chi connectivity index (χ3n) is 4.63. The van der Waals surface area contributed by atoms with Gasteiger partial charge in [-0.25, -0.2) is 4.39 Å². The molecule has 0 bridgehead atoms. The number of piperidine rings is 1. The summed E-state index contributed by atoms with van der Waals surface area (Å²) in [6.07, 6.45) is 2.37. The van der Waals surface area contributed by atoms with E-state index in [1.165, 1.54) is 12.1 Å². The molecule has 3 rings (SSSR count). The van der Waals surface area contributed by atoms with Gasteiger partial charge in [0.1, 0.15) is 5.82 Å². The van der Waals surface area contributed by atoms with Gasteiger partial charge < -0.3 is 10.0 Å². The van der Waals surface area contributed by atoms with E-state index in [4.69, 9.17) is 0 Å². The number of amides is 1. The van der Waals surface area contributed by atoms with Crippen LogP contribution in [0, 0.1) is 18.7 Å². The minimum Gasteiger partial charge on any atom is -0.391 e. The van der Waals surface area contributed by atoms with Gasteiger partial charge in [0.25, 0.3) is 5.91 Å². The Bertz CT molecular complexity index is 735. The molecule has 1 aromatic heterocycles. The van der Waals surface area contributed by atoms with E-state index in [1.54, 1.807) is 36.2 Å². The average molecular weight is 328 g/mol. The van der Waals surface area contributed by atoms with E-state index in [0.29, 0.717) is 37.2 Å². The Morgan fingerprint density at radius 3 is 2.92 bits per heavy atom. The number of halogens is 1. The lowest BCUT2D eigenvalue weighted by molar-refractivity contribution is 0.0197. The van der Waals surface area contributed by atoms with Crippen LogP contribution in [0.15, 0.2) is 42.6 Å². The van der Waals surface area contributed by atoms with E-state index < -0.39 is 6.10 Å². The molecule has 1 amide bonds. The van der Waals surface area contributed by atoms with Crippen molar-refractivity contribution < 1.29 is 14.3 Å². The molecule has 1 fully saturated rings. The summed E-state index contributed by atoms with van der Waals surface area (Å²) in [6.45, 7) is 2.69. The Morgan fingerprint density at radius 2 is 2.21 bits per heavy atom. The molecular formula is C19H21FN2O2. The Morgan fingerprint density at radius 1 is 1.38 bits per heavy atom. The molecule has 0 saturated carbocycles. The number of hydrogen-bond acceptors (Lipinski definition) is 3. The molecule has 1 N–H and O–H groups in total. The second-order valence-electron chi connectivity index (χ2n) is 6.34. The summed E-state index contributed by atoms with van der Waals surface area (Å²) < 4.78 is 13.3. The first-order valence-electron chi connectivity index (χ1n) is 8.18. The van der Waals surface area contributed by atoms with Gasteiger partial charge in [0, 0.05) is 25.0 Å². The first-order valence-corrected chi connectivity index (χ1v) is 8.18. The molecule has 0 unspecified atom stereocenters. The zero-order chi connectivity index (χ0) is 17.1. The van der Waals surface area contributed by atoms with Crippen LogP contribution in [0.25, 0.3) is 0 Å². The molecule has 24 heavy (non-hydrogen) atoms. The summed E-state index contributed by atoms with van der Waals surface area (Å²) >= 11 is 0. The molecule has 0 spiro atoms. The van der Waals surface area contributed by atoms with E-state index in [1.807, 2.05) is 6.07 Å². The van der Waals surface area contributed by atoms with Crippen molar-refractivity contribution >= 4 is 5.91 Å². The standard InChI is InChI=1S/C19H21FN2O2/c1-13-17(6-3-8-21-13)19(24)22-9-7-15(18(23)12-22)10-14-4-2-5-16(20)11-14/h2-6,8,11,15,18,23H,7,9-10,12H2,1H3/t15-,18+/m1/s1. The second-order valence-corrected chi connectivity index (χ2v) is 6.34. The number of rotatable bonds is 3. The van der Waals surface area contributed by atoms with Crippen LogP contribution in [0.4, 0.5) is 4.39 Å². The smallest absolute Gasteiger partial charge is 0.255 e. The predicted octanol–water partition coefficient (Wildman–Crippen LogP) is 2.59. The fourth-order valence-corrected chi connectivity index (χ4v) is 3.25. The SMILES string of the molecule is Cc1ncccc1C(=O)N1CC[C@H](Cc2cccc(F)c2)[C@@H](O)C1. The molecule has 1 aromatic carbocycles. The fourth-order valence-electron chi connectivity index (χ4n) is 3.25. The molecule has 1 aliphatic heterocycles. The molecular weight excluding hydrogens is 307 g/mol.